The number of rotatable bonds is 12. The monoisotopic (exact) mass is 708 g/mol. The van der Waals surface area contributed by atoms with E-state index in [2.05, 4.69) is 37.4 Å². The quantitative estimate of drug-likeness (QED) is 0.0816. The van der Waals surface area contributed by atoms with E-state index < -0.39 is 11.9 Å². The van der Waals surface area contributed by atoms with Gasteiger partial charge in [0.2, 0.25) is 0 Å². The van der Waals surface area contributed by atoms with Crippen LogP contribution in [0, 0.1) is 27.7 Å². The Bertz CT molecular complexity index is 1730. The fourth-order valence-corrected chi connectivity index (χ4v) is 4.93. The zero-order valence-electron chi connectivity index (χ0n) is 32.6. The Balaban J connectivity index is 0.000000280. The molecule has 4 aromatic carbocycles. The summed E-state index contributed by atoms with van der Waals surface area (Å²) in [5, 5.41) is 0. The summed E-state index contributed by atoms with van der Waals surface area (Å²) in [5.41, 5.74) is 6.32. The average Bonchev–Trinajstić information content (AvgIpc) is 3.09. The van der Waals surface area contributed by atoms with Crippen molar-refractivity contribution < 1.29 is 38.0 Å². The van der Waals surface area contributed by atoms with Crippen molar-refractivity contribution in [3.05, 3.63) is 130 Å². The van der Waals surface area contributed by atoms with E-state index in [4.69, 9.17) is 28.4 Å². The molecule has 0 spiro atoms. The maximum atomic E-state index is 11.6. The lowest BCUT2D eigenvalue weighted by Gasteiger charge is -2.25. The van der Waals surface area contributed by atoms with Gasteiger partial charge in [-0.3, -0.25) is 0 Å². The van der Waals surface area contributed by atoms with Crippen LogP contribution in [0.2, 0.25) is 0 Å². The Hall–Kier alpha value is -5.18. The Labute approximate surface area is 309 Å². The molecule has 0 N–H and O–H groups in total. The van der Waals surface area contributed by atoms with Crippen molar-refractivity contribution in [1.82, 2.24) is 0 Å². The third kappa shape index (κ3) is 10.9. The van der Waals surface area contributed by atoms with Gasteiger partial charge in [-0.25, -0.2) is 9.59 Å². The number of methoxy groups -OCH3 is 2. The molecule has 8 heteroatoms. The second-order valence-electron chi connectivity index (χ2n) is 13.8. The molecule has 0 bridgehead atoms. The van der Waals surface area contributed by atoms with Gasteiger partial charge in [0.25, 0.3) is 0 Å². The van der Waals surface area contributed by atoms with Gasteiger partial charge < -0.3 is 28.4 Å². The topological polar surface area (TPSA) is 89.5 Å². The van der Waals surface area contributed by atoms with Gasteiger partial charge in [0, 0.05) is 25.4 Å². The molecule has 0 radical (unpaired) electrons. The summed E-state index contributed by atoms with van der Waals surface area (Å²) in [6, 6.07) is 22.2. The van der Waals surface area contributed by atoms with Crippen molar-refractivity contribution in [2.75, 3.05) is 14.2 Å². The first kappa shape index (κ1) is 41.2. The molecule has 0 amide bonds. The Kier molecular flexibility index (Phi) is 13.8. The van der Waals surface area contributed by atoms with Gasteiger partial charge in [-0.2, -0.15) is 0 Å². The van der Waals surface area contributed by atoms with Gasteiger partial charge in [-0.05, 0) is 175 Å². The van der Waals surface area contributed by atoms with E-state index in [-0.39, 0.29) is 11.2 Å². The van der Waals surface area contributed by atoms with Gasteiger partial charge >= 0.3 is 11.9 Å². The van der Waals surface area contributed by atoms with Gasteiger partial charge in [0.15, 0.2) is 0 Å². The van der Waals surface area contributed by atoms with Crippen molar-refractivity contribution in [3.8, 4) is 34.5 Å². The highest BCUT2D eigenvalue weighted by Gasteiger charge is 2.23. The number of hydrogen-bond acceptors (Lipinski definition) is 8. The van der Waals surface area contributed by atoms with Crippen LogP contribution < -0.4 is 18.9 Å². The van der Waals surface area contributed by atoms with Crippen LogP contribution in [0.5, 0.6) is 34.5 Å². The molecule has 0 atom stereocenters. The molecule has 0 aliphatic rings. The minimum Gasteiger partial charge on any atom is -0.457 e. The van der Waals surface area contributed by atoms with Crippen molar-refractivity contribution >= 4 is 11.9 Å². The molecule has 52 heavy (non-hydrogen) atoms. The number of carbonyl (C=O) groups excluding carboxylic acids is 2. The van der Waals surface area contributed by atoms with Crippen LogP contribution in [0.1, 0.15) is 74.9 Å². The van der Waals surface area contributed by atoms with Gasteiger partial charge in [0.05, 0.1) is 11.2 Å². The molecule has 0 aliphatic carbocycles. The summed E-state index contributed by atoms with van der Waals surface area (Å²) in [4.78, 5) is 23.1. The Morgan fingerprint density at radius 2 is 0.750 bits per heavy atom. The second kappa shape index (κ2) is 17.4. The highest BCUT2D eigenvalue weighted by Crippen LogP contribution is 2.36. The highest BCUT2D eigenvalue weighted by atomic mass is 16.5. The van der Waals surface area contributed by atoms with E-state index in [0.717, 1.165) is 44.9 Å². The van der Waals surface area contributed by atoms with E-state index >= 15 is 0 Å². The molecule has 0 aliphatic heterocycles. The van der Waals surface area contributed by atoms with Gasteiger partial charge in [-0.1, -0.05) is 13.2 Å². The first-order valence-corrected chi connectivity index (χ1v) is 16.9. The summed E-state index contributed by atoms with van der Waals surface area (Å²) >= 11 is 0. The highest BCUT2D eigenvalue weighted by molar-refractivity contribution is 5.89. The molecule has 8 nitrogen and oxygen atoms in total. The fourth-order valence-electron chi connectivity index (χ4n) is 4.93. The van der Waals surface area contributed by atoms with Crippen LogP contribution in [0.4, 0.5) is 0 Å². The molecule has 0 saturated heterocycles. The van der Waals surface area contributed by atoms with E-state index in [0.29, 0.717) is 34.1 Å². The van der Waals surface area contributed by atoms with Crippen LogP contribution in [0.3, 0.4) is 0 Å². The SMILES string of the molecule is C=C(C)C(=O)Oc1ccc(Oc2c(C)cc(C(C)(C)OC)cc2C)cc1.C=C(C)C(=O)Oc1ccc(Oc2c(C)cc(C(C)(C)OC)cc2C)cc1. The van der Waals surface area contributed by atoms with Gasteiger partial charge in [0.1, 0.15) is 34.5 Å². The van der Waals surface area contributed by atoms with Crippen LogP contribution in [-0.2, 0) is 30.3 Å². The molecule has 4 rings (SSSR count). The van der Waals surface area contributed by atoms with Crippen molar-refractivity contribution in [3.63, 3.8) is 0 Å². The summed E-state index contributed by atoms with van der Waals surface area (Å²) in [5.74, 6) is 2.99. The molecule has 0 fully saturated rings. The lowest BCUT2D eigenvalue weighted by atomic mass is 9.94. The molecule has 0 heterocycles. The third-order valence-electron chi connectivity index (χ3n) is 8.54. The molecule has 0 unspecified atom stereocenters. The molecular formula is C44H52O8. The largest absolute Gasteiger partial charge is 0.457 e. The minimum absolute atomic E-state index is 0.357. The minimum atomic E-state index is -0.443. The standard InChI is InChI=1S/2C22H26O4/c2*1-14(2)21(23)26-19-10-8-18(9-11-19)25-20-15(3)12-17(13-16(20)4)22(5,6)24-7/h2*8-13H,1H2,2-7H3. The van der Waals surface area contributed by atoms with E-state index in [1.165, 1.54) is 0 Å². The number of ether oxygens (including phenoxy) is 6. The second-order valence-corrected chi connectivity index (χ2v) is 13.8. The molecular weight excluding hydrogens is 656 g/mol. The summed E-state index contributed by atoms with van der Waals surface area (Å²) in [6.45, 7) is 26.6. The van der Waals surface area contributed by atoms with E-state index in [1.807, 2.05) is 55.4 Å². The van der Waals surface area contributed by atoms with Crippen LogP contribution in [0.15, 0.2) is 97.1 Å². The van der Waals surface area contributed by atoms with E-state index in [1.54, 1.807) is 76.6 Å². The molecule has 0 aromatic heterocycles. The Morgan fingerprint density at radius 3 is 0.981 bits per heavy atom. The van der Waals surface area contributed by atoms with Gasteiger partial charge in [-0.15, -0.1) is 0 Å². The fraction of sp³-hybridized carbons (Fsp3) is 0.318. The van der Waals surface area contributed by atoms with Crippen molar-refractivity contribution in [2.24, 2.45) is 0 Å². The predicted molar refractivity (Wildman–Crippen MR) is 206 cm³/mol. The molecule has 4 aromatic rings. The van der Waals surface area contributed by atoms with Crippen molar-refractivity contribution in [1.29, 1.82) is 0 Å². The smallest absolute Gasteiger partial charge is 0.338 e. The summed E-state index contributed by atoms with van der Waals surface area (Å²) in [6.07, 6.45) is 0. The molecule has 276 valence electrons. The number of esters is 2. The zero-order chi connectivity index (χ0) is 39.0. The predicted octanol–water partition coefficient (Wildman–Crippen LogP) is 10.9. The number of carbonyl (C=O) groups is 2. The number of benzene rings is 4. The number of hydrogen-bond donors (Lipinski definition) is 0. The third-order valence-corrected chi connectivity index (χ3v) is 8.54. The zero-order valence-corrected chi connectivity index (χ0v) is 32.6. The Morgan fingerprint density at radius 1 is 0.500 bits per heavy atom. The first-order chi connectivity index (χ1) is 24.3. The van der Waals surface area contributed by atoms with Crippen LogP contribution in [0.25, 0.3) is 0 Å². The summed E-state index contributed by atoms with van der Waals surface area (Å²) < 4.78 is 33.6. The maximum absolute atomic E-state index is 11.6. The van der Waals surface area contributed by atoms with Crippen LogP contribution in [-0.4, -0.2) is 26.2 Å². The summed E-state index contributed by atoms with van der Waals surface area (Å²) in [7, 11) is 3.41. The lowest BCUT2D eigenvalue weighted by Crippen LogP contribution is -2.19. The van der Waals surface area contributed by atoms with E-state index in [9.17, 15) is 9.59 Å². The normalized spacial score (nSPS) is 11.2. The van der Waals surface area contributed by atoms with Crippen molar-refractivity contribution in [2.45, 2.75) is 80.4 Å². The first-order valence-electron chi connectivity index (χ1n) is 16.9. The average molecular weight is 709 g/mol. The molecule has 0 saturated carbocycles. The maximum Gasteiger partial charge on any atom is 0.338 e. The number of aryl methyl sites for hydroxylation is 4. The van der Waals surface area contributed by atoms with Crippen LogP contribution >= 0.6 is 0 Å². The lowest BCUT2D eigenvalue weighted by molar-refractivity contribution is -0.130.